The molecule has 0 fully saturated rings. The summed E-state index contributed by atoms with van der Waals surface area (Å²) in [6.07, 6.45) is 0. The van der Waals surface area contributed by atoms with Crippen LogP contribution in [0.3, 0.4) is 0 Å². The van der Waals surface area contributed by atoms with Gasteiger partial charge in [0, 0.05) is 26.3 Å². The van der Waals surface area contributed by atoms with Gasteiger partial charge in [0.2, 0.25) is 0 Å². The van der Waals surface area contributed by atoms with Crippen LogP contribution in [-0.2, 0) is 6.54 Å². The highest BCUT2D eigenvalue weighted by Crippen LogP contribution is 2.22. The summed E-state index contributed by atoms with van der Waals surface area (Å²) in [6.45, 7) is 0.917. The molecule has 0 saturated heterocycles. The van der Waals surface area contributed by atoms with Gasteiger partial charge >= 0.3 is 0 Å². The van der Waals surface area contributed by atoms with Crippen LogP contribution < -0.4 is 10.2 Å². The SMILES string of the molecule is CNCc1ccc(-c2ccc(N(C)C)cc2)cc1. The predicted octanol–water partition coefficient (Wildman–Crippen LogP) is 3.14. The van der Waals surface area contributed by atoms with Gasteiger partial charge in [0.1, 0.15) is 0 Å². The van der Waals surface area contributed by atoms with E-state index in [1.807, 2.05) is 7.05 Å². The van der Waals surface area contributed by atoms with Gasteiger partial charge in [0.25, 0.3) is 0 Å². The van der Waals surface area contributed by atoms with Crippen molar-refractivity contribution in [3.63, 3.8) is 0 Å². The lowest BCUT2D eigenvalue weighted by molar-refractivity contribution is 0.818. The maximum Gasteiger partial charge on any atom is 0.0361 e. The van der Waals surface area contributed by atoms with Gasteiger partial charge in [-0.05, 0) is 35.9 Å². The first kappa shape index (κ1) is 12.7. The van der Waals surface area contributed by atoms with E-state index in [4.69, 9.17) is 0 Å². The normalized spacial score (nSPS) is 10.4. The van der Waals surface area contributed by atoms with Gasteiger partial charge in [-0.1, -0.05) is 36.4 Å². The third kappa shape index (κ3) is 2.90. The topological polar surface area (TPSA) is 15.3 Å². The van der Waals surface area contributed by atoms with Crippen LogP contribution in [-0.4, -0.2) is 21.1 Å². The summed E-state index contributed by atoms with van der Waals surface area (Å²) in [5, 5.41) is 3.16. The van der Waals surface area contributed by atoms with E-state index in [9.17, 15) is 0 Å². The van der Waals surface area contributed by atoms with E-state index in [1.165, 1.54) is 22.4 Å². The number of hydrogen-bond acceptors (Lipinski definition) is 2. The van der Waals surface area contributed by atoms with Crippen molar-refractivity contribution in [3.05, 3.63) is 54.1 Å². The molecule has 0 heterocycles. The first-order valence-corrected chi connectivity index (χ1v) is 6.22. The lowest BCUT2D eigenvalue weighted by atomic mass is 10.0. The summed E-state index contributed by atoms with van der Waals surface area (Å²) in [7, 11) is 6.08. The summed E-state index contributed by atoms with van der Waals surface area (Å²) in [6, 6.07) is 17.3. The van der Waals surface area contributed by atoms with E-state index in [-0.39, 0.29) is 0 Å². The molecule has 0 radical (unpaired) electrons. The molecule has 0 saturated carbocycles. The molecule has 0 aromatic heterocycles. The van der Waals surface area contributed by atoms with Crippen LogP contribution in [0.15, 0.2) is 48.5 Å². The van der Waals surface area contributed by atoms with E-state index in [1.54, 1.807) is 0 Å². The summed E-state index contributed by atoms with van der Waals surface area (Å²) in [5.74, 6) is 0. The molecule has 0 atom stereocenters. The van der Waals surface area contributed by atoms with Gasteiger partial charge in [0.15, 0.2) is 0 Å². The second-order valence-corrected chi connectivity index (χ2v) is 4.67. The highest BCUT2D eigenvalue weighted by Gasteiger charge is 1.99. The standard InChI is InChI=1S/C16H20N2/c1-17-12-13-4-6-14(7-5-13)15-8-10-16(11-9-15)18(2)3/h4-11,17H,12H2,1-3H3. The molecule has 2 aromatic rings. The molecule has 0 aliphatic rings. The molecule has 2 heteroatoms. The zero-order valence-electron chi connectivity index (χ0n) is 11.3. The van der Waals surface area contributed by atoms with Crippen molar-refractivity contribution < 1.29 is 0 Å². The number of rotatable bonds is 4. The lowest BCUT2D eigenvalue weighted by Crippen LogP contribution is -2.07. The molecule has 18 heavy (non-hydrogen) atoms. The molecular formula is C16H20N2. The minimum absolute atomic E-state index is 0.917. The molecule has 0 unspecified atom stereocenters. The Morgan fingerprint density at radius 2 is 1.33 bits per heavy atom. The largest absolute Gasteiger partial charge is 0.378 e. The maximum atomic E-state index is 3.16. The predicted molar refractivity (Wildman–Crippen MR) is 79.0 cm³/mol. The minimum atomic E-state index is 0.917. The zero-order chi connectivity index (χ0) is 13.0. The highest BCUT2D eigenvalue weighted by molar-refractivity contribution is 5.66. The van der Waals surface area contributed by atoms with Crippen LogP contribution in [0.1, 0.15) is 5.56 Å². The van der Waals surface area contributed by atoms with Crippen LogP contribution in [0.25, 0.3) is 11.1 Å². The number of nitrogens with zero attached hydrogens (tertiary/aromatic N) is 1. The molecule has 2 aromatic carbocycles. The fraction of sp³-hybridized carbons (Fsp3) is 0.250. The van der Waals surface area contributed by atoms with Gasteiger partial charge in [-0.25, -0.2) is 0 Å². The molecular weight excluding hydrogens is 220 g/mol. The van der Waals surface area contributed by atoms with Crippen molar-refractivity contribution >= 4 is 5.69 Å². The van der Waals surface area contributed by atoms with Gasteiger partial charge in [-0.2, -0.15) is 0 Å². The minimum Gasteiger partial charge on any atom is -0.378 e. The quantitative estimate of drug-likeness (QED) is 0.883. The zero-order valence-corrected chi connectivity index (χ0v) is 11.3. The monoisotopic (exact) mass is 240 g/mol. The number of anilines is 1. The molecule has 0 spiro atoms. The van der Waals surface area contributed by atoms with Crippen molar-refractivity contribution in [1.29, 1.82) is 0 Å². The van der Waals surface area contributed by atoms with Crippen molar-refractivity contribution in [2.75, 3.05) is 26.0 Å². The Morgan fingerprint density at radius 3 is 1.78 bits per heavy atom. The van der Waals surface area contributed by atoms with Crippen molar-refractivity contribution in [2.24, 2.45) is 0 Å². The Balaban J connectivity index is 2.20. The number of benzene rings is 2. The average Bonchev–Trinajstić information content (AvgIpc) is 2.40. The fourth-order valence-corrected chi connectivity index (χ4v) is 1.97. The summed E-state index contributed by atoms with van der Waals surface area (Å²) >= 11 is 0. The van der Waals surface area contributed by atoms with E-state index < -0.39 is 0 Å². The van der Waals surface area contributed by atoms with Crippen LogP contribution in [0.5, 0.6) is 0 Å². The highest BCUT2D eigenvalue weighted by atomic mass is 15.1. The molecule has 2 nitrogen and oxygen atoms in total. The molecule has 0 bridgehead atoms. The second kappa shape index (κ2) is 5.69. The van der Waals surface area contributed by atoms with Crippen molar-refractivity contribution in [3.8, 4) is 11.1 Å². The van der Waals surface area contributed by atoms with Crippen molar-refractivity contribution in [2.45, 2.75) is 6.54 Å². The molecule has 2 rings (SSSR count). The Bertz CT molecular complexity index is 484. The van der Waals surface area contributed by atoms with Gasteiger partial charge in [-0.15, -0.1) is 0 Å². The molecule has 0 aliphatic heterocycles. The van der Waals surface area contributed by atoms with Gasteiger partial charge < -0.3 is 10.2 Å². The molecule has 0 aliphatic carbocycles. The van der Waals surface area contributed by atoms with Crippen molar-refractivity contribution in [1.82, 2.24) is 5.32 Å². The first-order chi connectivity index (χ1) is 8.70. The van der Waals surface area contributed by atoms with Gasteiger partial charge in [-0.3, -0.25) is 0 Å². The maximum absolute atomic E-state index is 3.16. The van der Waals surface area contributed by atoms with E-state index in [0.29, 0.717) is 0 Å². The fourth-order valence-electron chi connectivity index (χ4n) is 1.97. The third-order valence-corrected chi connectivity index (χ3v) is 3.05. The van der Waals surface area contributed by atoms with Gasteiger partial charge in [0.05, 0.1) is 0 Å². The van der Waals surface area contributed by atoms with E-state index >= 15 is 0 Å². The molecule has 1 N–H and O–H groups in total. The Kier molecular flexibility index (Phi) is 4.00. The summed E-state index contributed by atoms with van der Waals surface area (Å²) < 4.78 is 0. The summed E-state index contributed by atoms with van der Waals surface area (Å²) in [5.41, 5.74) is 5.06. The molecule has 0 amide bonds. The number of hydrogen-bond donors (Lipinski definition) is 1. The van der Waals surface area contributed by atoms with Crippen LogP contribution >= 0.6 is 0 Å². The smallest absolute Gasteiger partial charge is 0.0361 e. The Hall–Kier alpha value is -1.80. The molecule has 94 valence electrons. The average molecular weight is 240 g/mol. The van der Waals surface area contributed by atoms with E-state index in [0.717, 1.165) is 6.54 Å². The first-order valence-electron chi connectivity index (χ1n) is 6.22. The van der Waals surface area contributed by atoms with Crippen LogP contribution in [0, 0.1) is 0 Å². The Labute approximate surface area is 109 Å². The third-order valence-electron chi connectivity index (χ3n) is 3.05. The summed E-state index contributed by atoms with van der Waals surface area (Å²) in [4.78, 5) is 2.11. The van der Waals surface area contributed by atoms with Crippen LogP contribution in [0.4, 0.5) is 5.69 Å². The Morgan fingerprint density at radius 1 is 0.833 bits per heavy atom. The lowest BCUT2D eigenvalue weighted by Gasteiger charge is -2.12. The number of nitrogens with one attached hydrogen (secondary N) is 1. The van der Waals surface area contributed by atoms with E-state index in [2.05, 4.69) is 72.8 Å². The second-order valence-electron chi connectivity index (χ2n) is 4.67. The van der Waals surface area contributed by atoms with Crippen LogP contribution in [0.2, 0.25) is 0 Å².